The van der Waals surface area contributed by atoms with Crippen LogP contribution in [-0.2, 0) is 13.6 Å². The van der Waals surface area contributed by atoms with Crippen LogP contribution in [-0.4, -0.2) is 9.78 Å². The molecule has 0 unspecified atom stereocenters. The molecule has 3 heteroatoms. The first kappa shape index (κ1) is 8.26. The molecule has 0 aliphatic heterocycles. The highest BCUT2D eigenvalue weighted by Gasteiger charge is 2.07. The summed E-state index contributed by atoms with van der Waals surface area (Å²) in [4.78, 5) is 0. The summed E-state index contributed by atoms with van der Waals surface area (Å²) in [5.74, 6) is 0. The lowest BCUT2D eigenvalue weighted by atomic mass is 10.1. The van der Waals surface area contributed by atoms with Gasteiger partial charge in [-0.1, -0.05) is 12.1 Å². The number of aromatic nitrogens is 2. The van der Waals surface area contributed by atoms with Crippen molar-refractivity contribution >= 4 is 10.9 Å². The van der Waals surface area contributed by atoms with E-state index in [1.54, 1.807) is 0 Å². The van der Waals surface area contributed by atoms with Gasteiger partial charge in [-0.3, -0.25) is 4.68 Å². The molecule has 0 radical (unpaired) electrons. The molecule has 2 aromatic rings. The Hall–Kier alpha value is -1.35. The number of nitrogens with two attached hydrogens (primary N) is 1. The van der Waals surface area contributed by atoms with E-state index in [1.165, 1.54) is 10.9 Å². The lowest BCUT2D eigenvalue weighted by Crippen LogP contribution is -1.99. The topological polar surface area (TPSA) is 43.8 Å². The van der Waals surface area contributed by atoms with Gasteiger partial charge in [0.05, 0.1) is 11.2 Å². The number of hydrogen-bond acceptors (Lipinski definition) is 2. The first-order chi connectivity index (χ1) is 6.24. The van der Waals surface area contributed by atoms with Crippen molar-refractivity contribution in [2.45, 2.75) is 13.5 Å². The van der Waals surface area contributed by atoms with Crippen molar-refractivity contribution in [1.29, 1.82) is 0 Å². The SMILES string of the molecule is Cc1cccc2c1c(CN)nn2C. The van der Waals surface area contributed by atoms with E-state index >= 15 is 0 Å². The normalized spacial score (nSPS) is 11.0. The van der Waals surface area contributed by atoms with E-state index in [0.29, 0.717) is 6.54 Å². The Labute approximate surface area is 77.2 Å². The molecule has 0 spiro atoms. The van der Waals surface area contributed by atoms with Crippen LogP contribution in [0.4, 0.5) is 0 Å². The number of rotatable bonds is 1. The minimum Gasteiger partial charge on any atom is -0.325 e. The van der Waals surface area contributed by atoms with E-state index in [2.05, 4.69) is 24.2 Å². The molecule has 0 saturated carbocycles. The van der Waals surface area contributed by atoms with Gasteiger partial charge in [-0.25, -0.2) is 0 Å². The minimum absolute atomic E-state index is 0.502. The number of fused-ring (bicyclic) bond motifs is 1. The van der Waals surface area contributed by atoms with Crippen LogP contribution in [0.2, 0.25) is 0 Å². The molecule has 0 amide bonds. The van der Waals surface area contributed by atoms with Crippen LogP contribution in [0, 0.1) is 6.92 Å². The third-order valence-electron chi connectivity index (χ3n) is 2.35. The predicted molar refractivity (Wildman–Crippen MR) is 53.3 cm³/mol. The highest BCUT2D eigenvalue weighted by Crippen LogP contribution is 2.20. The van der Waals surface area contributed by atoms with Crippen molar-refractivity contribution < 1.29 is 0 Å². The fourth-order valence-electron chi connectivity index (χ4n) is 1.73. The van der Waals surface area contributed by atoms with Crippen LogP contribution in [0.3, 0.4) is 0 Å². The van der Waals surface area contributed by atoms with Crippen molar-refractivity contribution in [2.75, 3.05) is 0 Å². The number of hydrogen-bond donors (Lipinski definition) is 1. The lowest BCUT2D eigenvalue weighted by Gasteiger charge is -1.96. The number of benzene rings is 1. The van der Waals surface area contributed by atoms with Gasteiger partial charge in [0.25, 0.3) is 0 Å². The van der Waals surface area contributed by atoms with Gasteiger partial charge in [0.15, 0.2) is 0 Å². The Balaban J connectivity index is 2.89. The summed E-state index contributed by atoms with van der Waals surface area (Å²) in [5, 5.41) is 5.56. The molecule has 1 aromatic carbocycles. The van der Waals surface area contributed by atoms with Crippen LogP contribution in [0.1, 0.15) is 11.3 Å². The van der Waals surface area contributed by atoms with Crippen LogP contribution in [0.25, 0.3) is 10.9 Å². The van der Waals surface area contributed by atoms with Gasteiger partial charge < -0.3 is 5.73 Å². The second-order valence-electron chi connectivity index (χ2n) is 3.24. The summed E-state index contributed by atoms with van der Waals surface area (Å²) >= 11 is 0. The van der Waals surface area contributed by atoms with E-state index in [9.17, 15) is 0 Å². The smallest absolute Gasteiger partial charge is 0.0841 e. The minimum atomic E-state index is 0.502. The van der Waals surface area contributed by atoms with Crippen LogP contribution < -0.4 is 5.73 Å². The molecule has 2 rings (SSSR count). The number of nitrogens with zero attached hydrogens (tertiary/aromatic N) is 2. The summed E-state index contributed by atoms with van der Waals surface area (Å²) in [7, 11) is 1.95. The van der Waals surface area contributed by atoms with Crippen molar-refractivity contribution in [3.63, 3.8) is 0 Å². The molecule has 0 atom stereocenters. The molecular weight excluding hydrogens is 162 g/mol. The van der Waals surface area contributed by atoms with E-state index in [-0.39, 0.29) is 0 Å². The zero-order valence-electron chi connectivity index (χ0n) is 7.91. The average molecular weight is 175 g/mol. The van der Waals surface area contributed by atoms with Crippen molar-refractivity contribution in [2.24, 2.45) is 12.8 Å². The highest BCUT2D eigenvalue weighted by atomic mass is 15.3. The Kier molecular flexibility index (Phi) is 1.81. The van der Waals surface area contributed by atoms with Gasteiger partial charge in [-0.2, -0.15) is 5.10 Å². The zero-order valence-corrected chi connectivity index (χ0v) is 7.91. The molecular formula is C10H13N3. The van der Waals surface area contributed by atoms with Gasteiger partial charge in [-0.05, 0) is 18.6 Å². The molecule has 0 bridgehead atoms. The van der Waals surface area contributed by atoms with Gasteiger partial charge in [-0.15, -0.1) is 0 Å². The molecule has 1 heterocycles. The second-order valence-corrected chi connectivity index (χ2v) is 3.24. The summed E-state index contributed by atoms with van der Waals surface area (Å²) in [5.41, 5.74) is 9.00. The fraction of sp³-hybridized carbons (Fsp3) is 0.300. The standard InChI is InChI=1S/C10H13N3/c1-7-4-3-5-9-10(7)8(6-11)12-13(9)2/h3-5H,6,11H2,1-2H3. The van der Waals surface area contributed by atoms with E-state index in [4.69, 9.17) is 5.73 Å². The Morgan fingerprint density at radius 2 is 2.23 bits per heavy atom. The monoisotopic (exact) mass is 175 g/mol. The van der Waals surface area contributed by atoms with Gasteiger partial charge in [0.2, 0.25) is 0 Å². The molecule has 13 heavy (non-hydrogen) atoms. The summed E-state index contributed by atoms with van der Waals surface area (Å²) < 4.78 is 1.88. The average Bonchev–Trinajstić information content (AvgIpc) is 2.45. The largest absolute Gasteiger partial charge is 0.325 e. The van der Waals surface area contributed by atoms with Gasteiger partial charge in [0.1, 0.15) is 0 Å². The molecule has 3 nitrogen and oxygen atoms in total. The zero-order chi connectivity index (χ0) is 9.42. The Morgan fingerprint density at radius 3 is 2.92 bits per heavy atom. The first-order valence-corrected chi connectivity index (χ1v) is 4.35. The van der Waals surface area contributed by atoms with Crippen LogP contribution in [0.5, 0.6) is 0 Å². The molecule has 0 aliphatic carbocycles. The van der Waals surface area contributed by atoms with E-state index in [1.807, 2.05) is 17.8 Å². The molecule has 0 saturated heterocycles. The maximum absolute atomic E-state index is 5.62. The third-order valence-corrected chi connectivity index (χ3v) is 2.35. The van der Waals surface area contributed by atoms with Crippen molar-refractivity contribution in [3.8, 4) is 0 Å². The van der Waals surface area contributed by atoms with Gasteiger partial charge in [0, 0.05) is 19.0 Å². The second kappa shape index (κ2) is 2.85. The van der Waals surface area contributed by atoms with E-state index < -0.39 is 0 Å². The molecule has 68 valence electrons. The lowest BCUT2D eigenvalue weighted by molar-refractivity contribution is 0.766. The van der Waals surface area contributed by atoms with E-state index in [0.717, 1.165) is 11.2 Å². The molecule has 2 N–H and O–H groups in total. The quantitative estimate of drug-likeness (QED) is 0.710. The molecule has 0 aliphatic rings. The first-order valence-electron chi connectivity index (χ1n) is 4.35. The maximum atomic E-state index is 5.62. The Bertz CT molecular complexity index is 443. The molecule has 1 aromatic heterocycles. The molecule has 0 fully saturated rings. The van der Waals surface area contributed by atoms with Crippen molar-refractivity contribution in [3.05, 3.63) is 29.5 Å². The van der Waals surface area contributed by atoms with Crippen LogP contribution in [0.15, 0.2) is 18.2 Å². The summed E-state index contributed by atoms with van der Waals surface area (Å²) in [6.07, 6.45) is 0. The maximum Gasteiger partial charge on any atom is 0.0841 e. The van der Waals surface area contributed by atoms with Gasteiger partial charge >= 0.3 is 0 Å². The Morgan fingerprint density at radius 1 is 1.46 bits per heavy atom. The summed E-state index contributed by atoms with van der Waals surface area (Å²) in [6, 6.07) is 6.19. The third kappa shape index (κ3) is 1.12. The predicted octanol–water partition coefficient (Wildman–Crippen LogP) is 1.34. The van der Waals surface area contributed by atoms with Crippen molar-refractivity contribution in [1.82, 2.24) is 9.78 Å². The highest BCUT2D eigenvalue weighted by molar-refractivity contribution is 5.85. The van der Waals surface area contributed by atoms with Crippen LogP contribution >= 0.6 is 0 Å². The number of aryl methyl sites for hydroxylation is 2. The fourth-order valence-corrected chi connectivity index (χ4v) is 1.73. The summed E-state index contributed by atoms with van der Waals surface area (Å²) in [6.45, 7) is 2.59.